The van der Waals surface area contributed by atoms with Gasteiger partial charge in [-0.1, -0.05) is 6.92 Å². The molecule has 5 atom stereocenters. The van der Waals surface area contributed by atoms with E-state index in [-0.39, 0.29) is 18.4 Å². The summed E-state index contributed by atoms with van der Waals surface area (Å²) in [4.78, 5) is 60.9. The predicted molar refractivity (Wildman–Crippen MR) is 93.9 cm³/mol. The van der Waals surface area contributed by atoms with Crippen molar-refractivity contribution >= 4 is 23.5 Å². The van der Waals surface area contributed by atoms with E-state index in [2.05, 4.69) is 13.1 Å². The van der Waals surface area contributed by atoms with Gasteiger partial charge < -0.3 is 24.3 Å². The molecule has 2 heterocycles. The largest absolute Gasteiger partial charge is 0.490 e. The molecule has 1 aliphatic rings. The Bertz CT molecular complexity index is 1030. The van der Waals surface area contributed by atoms with Crippen molar-refractivity contribution in [3.63, 3.8) is 0 Å². The lowest BCUT2D eigenvalue weighted by Gasteiger charge is -2.19. The molecule has 0 aromatic carbocycles. The Morgan fingerprint density at radius 3 is 2.40 bits per heavy atom. The first-order valence-electron chi connectivity index (χ1n) is 8.04. The van der Waals surface area contributed by atoms with Gasteiger partial charge in [0, 0.05) is 18.2 Å². The normalized spacial score (nSPS) is 26.3. The summed E-state index contributed by atoms with van der Waals surface area (Å²) < 4.78 is 65.3. The number of aromatic amines is 1. The lowest BCUT2D eigenvalue weighted by Crippen LogP contribution is -2.34. The molecule has 2 unspecified atom stereocenters. The number of nitrogens with one attached hydrogen (secondary N) is 1. The Kier molecular flexibility index (Phi) is 7.76. The molecule has 19 heteroatoms. The highest BCUT2D eigenvalue weighted by atomic mass is 31.3. The Labute approximate surface area is 166 Å². The van der Waals surface area contributed by atoms with Crippen molar-refractivity contribution in [1.29, 1.82) is 0 Å². The van der Waals surface area contributed by atoms with Crippen molar-refractivity contribution in [2.45, 2.75) is 38.3 Å². The molecule has 1 aromatic rings. The molecular formula is C11H18FN2O13P3. The molecule has 0 saturated carbocycles. The molecule has 0 aliphatic carbocycles. The van der Waals surface area contributed by atoms with E-state index in [0.29, 0.717) is 0 Å². The van der Waals surface area contributed by atoms with E-state index in [0.717, 1.165) is 4.57 Å². The quantitative estimate of drug-likeness (QED) is 0.285. The molecule has 1 aliphatic heterocycles. The van der Waals surface area contributed by atoms with E-state index in [4.69, 9.17) is 19.4 Å². The summed E-state index contributed by atoms with van der Waals surface area (Å²) in [6.07, 6.45) is -3.46. The van der Waals surface area contributed by atoms with Crippen LogP contribution in [0.4, 0.5) is 4.39 Å². The fourth-order valence-electron chi connectivity index (χ4n) is 2.47. The molecule has 0 radical (unpaired) electrons. The number of aryl methyl sites for hydroxylation is 1. The fraction of sp³-hybridized carbons (Fsp3) is 0.636. The van der Waals surface area contributed by atoms with Crippen molar-refractivity contribution in [3.05, 3.63) is 32.6 Å². The molecule has 0 amide bonds. The van der Waals surface area contributed by atoms with Gasteiger partial charge in [-0.3, -0.25) is 18.9 Å². The number of phosphoric ester groups is 1. The third kappa shape index (κ3) is 7.01. The third-order valence-corrected chi connectivity index (χ3v) is 7.52. The molecule has 172 valence electrons. The van der Waals surface area contributed by atoms with Crippen molar-refractivity contribution in [2.75, 3.05) is 6.61 Å². The van der Waals surface area contributed by atoms with Gasteiger partial charge >= 0.3 is 29.2 Å². The number of hydrogen-bond donors (Lipinski definition) is 5. The minimum atomic E-state index is -5.71. The standard InChI is InChI=1S/C11H18FN2O13P3/c1-2-6-4-14(11(16)13-10(6)15)9-3-7(12)8(25-9)5-24-29(20,21)27-30(22,23)26-28(17,18)19/h4,7-9H,2-3,5H2,1H3,(H,20,21)(H,22,23)(H,13,15,16)(H2,17,18,19)/t7-,8+,9+/m0/s1. The Morgan fingerprint density at radius 2 is 1.83 bits per heavy atom. The first-order chi connectivity index (χ1) is 13.6. The zero-order chi connectivity index (χ0) is 22.9. The van der Waals surface area contributed by atoms with Gasteiger partial charge in [-0.15, -0.1) is 0 Å². The van der Waals surface area contributed by atoms with E-state index in [1.54, 1.807) is 6.92 Å². The second kappa shape index (κ2) is 9.23. The minimum Gasteiger partial charge on any atom is -0.349 e. The molecule has 1 fully saturated rings. The van der Waals surface area contributed by atoms with Crippen LogP contribution in [0.3, 0.4) is 0 Å². The number of nitrogens with zero attached hydrogens (tertiary/aromatic N) is 1. The van der Waals surface area contributed by atoms with Crippen LogP contribution in [0.15, 0.2) is 15.8 Å². The summed E-state index contributed by atoms with van der Waals surface area (Å²) in [5.74, 6) is 0. The van der Waals surface area contributed by atoms with Crippen LogP contribution in [0.25, 0.3) is 0 Å². The summed E-state index contributed by atoms with van der Waals surface area (Å²) in [7, 11) is -16.7. The number of hydrogen-bond acceptors (Lipinski definition) is 9. The molecule has 5 N–H and O–H groups in total. The predicted octanol–water partition coefficient (Wildman–Crippen LogP) is 0.0679. The SMILES string of the molecule is CCc1cn([C@H]2C[C@H](F)[C@@H](COP(=O)(O)OP(=O)(O)OP(=O)(O)O)O2)c(=O)[nH]c1=O. The van der Waals surface area contributed by atoms with E-state index >= 15 is 0 Å². The van der Waals surface area contributed by atoms with Crippen LogP contribution in [-0.4, -0.2) is 48.0 Å². The van der Waals surface area contributed by atoms with Crippen LogP contribution in [-0.2, 0) is 38.0 Å². The van der Waals surface area contributed by atoms with Crippen LogP contribution < -0.4 is 11.2 Å². The highest BCUT2D eigenvalue weighted by molar-refractivity contribution is 7.66. The number of ether oxygens (including phenoxy) is 1. The van der Waals surface area contributed by atoms with Crippen molar-refractivity contribution in [1.82, 2.24) is 9.55 Å². The molecule has 30 heavy (non-hydrogen) atoms. The molecule has 1 saturated heterocycles. The van der Waals surface area contributed by atoms with Gasteiger partial charge in [0.15, 0.2) is 0 Å². The molecular weight excluding hydrogens is 480 g/mol. The Balaban J connectivity index is 2.05. The summed E-state index contributed by atoms with van der Waals surface area (Å²) in [6, 6.07) is 0. The lowest BCUT2D eigenvalue weighted by molar-refractivity contribution is -0.0350. The highest BCUT2D eigenvalue weighted by Gasteiger charge is 2.43. The molecule has 0 spiro atoms. The van der Waals surface area contributed by atoms with Crippen molar-refractivity contribution < 1.29 is 55.5 Å². The number of rotatable bonds is 9. The van der Waals surface area contributed by atoms with Gasteiger partial charge in [-0.2, -0.15) is 8.62 Å². The van der Waals surface area contributed by atoms with Crippen LogP contribution in [0.5, 0.6) is 0 Å². The average Bonchev–Trinajstić information content (AvgIpc) is 2.90. The van der Waals surface area contributed by atoms with E-state index in [1.165, 1.54) is 6.20 Å². The second-order valence-electron chi connectivity index (χ2n) is 5.94. The van der Waals surface area contributed by atoms with Gasteiger partial charge in [0.25, 0.3) is 5.56 Å². The highest BCUT2D eigenvalue weighted by Crippen LogP contribution is 2.66. The molecule has 0 bridgehead atoms. The maximum absolute atomic E-state index is 14.2. The average molecular weight is 498 g/mol. The lowest BCUT2D eigenvalue weighted by atomic mass is 10.2. The molecule has 15 nitrogen and oxygen atoms in total. The maximum Gasteiger partial charge on any atom is 0.490 e. The zero-order valence-electron chi connectivity index (χ0n) is 15.1. The first-order valence-corrected chi connectivity index (χ1v) is 12.6. The van der Waals surface area contributed by atoms with Crippen LogP contribution in [0.1, 0.15) is 25.1 Å². The van der Waals surface area contributed by atoms with Gasteiger partial charge in [-0.25, -0.2) is 22.9 Å². The number of halogens is 1. The Morgan fingerprint density at radius 1 is 1.20 bits per heavy atom. The third-order valence-electron chi connectivity index (χ3n) is 3.71. The summed E-state index contributed by atoms with van der Waals surface area (Å²) >= 11 is 0. The van der Waals surface area contributed by atoms with Crippen molar-refractivity contribution in [2.24, 2.45) is 0 Å². The van der Waals surface area contributed by atoms with E-state index < -0.39 is 59.8 Å². The first kappa shape index (κ1) is 25.2. The maximum atomic E-state index is 14.2. The summed E-state index contributed by atoms with van der Waals surface area (Å²) in [6.45, 7) is 0.651. The van der Waals surface area contributed by atoms with Gasteiger partial charge in [0.2, 0.25) is 0 Å². The van der Waals surface area contributed by atoms with Crippen molar-refractivity contribution in [3.8, 4) is 0 Å². The molecule has 2 rings (SSSR count). The smallest absolute Gasteiger partial charge is 0.349 e. The number of alkyl halides is 1. The number of phosphoric acid groups is 3. The van der Waals surface area contributed by atoms with Crippen LogP contribution in [0.2, 0.25) is 0 Å². The summed E-state index contributed by atoms with van der Waals surface area (Å²) in [5.41, 5.74) is -1.26. The second-order valence-corrected chi connectivity index (χ2v) is 10.4. The monoisotopic (exact) mass is 498 g/mol. The molecule has 1 aromatic heterocycles. The topological polar surface area (TPSA) is 224 Å². The fourth-order valence-corrected chi connectivity index (χ4v) is 5.50. The van der Waals surface area contributed by atoms with Crippen LogP contribution in [0, 0.1) is 0 Å². The van der Waals surface area contributed by atoms with Gasteiger partial charge in [0.05, 0.1) is 6.61 Å². The zero-order valence-corrected chi connectivity index (χ0v) is 17.7. The number of H-pyrrole nitrogens is 1. The van der Waals surface area contributed by atoms with Gasteiger partial charge in [0.1, 0.15) is 18.5 Å². The Hall–Kier alpha value is -1.02. The van der Waals surface area contributed by atoms with Gasteiger partial charge in [-0.05, 0) is 6.42 Å². The van der Waals surface area contributed by atoms with Crippen LogP contribution >= 0.6 is 23.5 Å². The van der Waals surface area contributed by atoms with E-state index in [1.807, 2.05) is 4.98 Å². The number of aromatic nitrogens is 2. The minimum absolute atomic E-state index is 0.227. The van der Waals surface area contributed by atoms with E-state index in [9.17, 15) is 32.6 Å². The summed E-state index contributed by atoms with van der Waals surface area (Å²) in [5, 5.41) is 0.